The highest BCUT2D eigenvalue weighted by molar-refractivity contribution is 7.98. The molecule has 1 aromatic heterocycles. The van der Waals surface area contributed by atoms with Gasteiger partial charge in [-0.2, -0.15) is 0 Å². The molecule has 0 aliphatic rings. The third-order valence-corrected chi connectivity index (χ3v) is 4.63. The minimum Gasteiger partial charge on any atom is -0.326 e. The number of imidazole rings is 1. The Morgan fingerprint density at radius 1 is 1.04 bits per heavy atom. The Hall–Kier alpha value is -3.13. The zero-order valence-corrected chi connectivity index (χ0v) is 16.2. The number of carbonyl (C=O) groups is 2. The molecule has 0 bridgehead atoms. The molecule has 1 heterocycles. The van der Waals surface area contributed by atoms with Crippen molar-refractivity contribution in [1.82, 2.24) is 9.55 Å². The second kappa shape index (κ2) is 8.71. The minimum absolute atomic E-state index is 0.0791. The van der Waals surface area contributed by atoms with Crippen molar-refractivity contribution in [3.63, 3.8) is 0 Å². The lowest BCUT2D eigenvalue weighted by atomic mass is 10.2. The molecule has 0 unspecified atom stereocenters. The second-order valence-corrected chi connectivity index (χ2v) is 6.65. The highest BCUT2D eigenvalue weighted by Crippen LogP contribution is 2.23. The average Bonchev–Trinajstić information content (AvgIpc) is 3.14. The van der Waals surface area contributed by atoms with E-state index in [0.29, 0.717) is 34.3 Å². The van der Waals surface area contributed by atoms with Crippen molar-refractivity contribution >= 4 is 35.0 Å². The summed E-state index contributed by atoms with van der Waals surface area (Å²) in [7, 11) is 0. The monoisotopic (exact) mass is 398 g/mol. The quantitative estimate of drug-likeness (QED) is 0.606. The van der Waals surface area contributed by atoms with E-state index in [-0.39, 0.29) is 17.6 Å². The Labute approximate surface area is 166 Å². The van der Waals surface area contributed by atoms with Gasteiger partial charge in [-0.15, -0.1) is 0 Å². The van der Waals surface area contributed by atoms with Crippen LogP contribution in [0.1, 0.15) is 23.8 Å². The standard InChI is InChI=1S/C20H19FN4O2S/c1-3-18(26)23-14-6-8-15(9-7-14)24-19(27)17-12-22-20(28-2)25(17)16-10-4-13(21)5-11-16/h4-12H,3H2,1-2H3,(H,23,26)(H,24,27). The molecular formula is C20H19FN4O2S. The summed E-state index contributed by atoms with van der Waals surface area (Å²) >= 11 is 1.39. The summed E-state index contributed by atoms with van der Waals surface area (Å²) in [5, 5.41) is 6.19. The average molecular weight is 398 g/mol. The number of rotatable bonds is 6. The Bertz CT molecular complexity index is 984. The zero-order chi connectivity index (χ0) is 20.1. The normalized spacial score (nSPS) is 10.5. The number of carbonyl (C=O) groups excluding carboxylic acids is 2. The van der Waals surface area contributed by atoms with E-state index in [1.54, 1.807) is 47.9 Å². The van der Waals surface area contributed by atoms with E-state index < -0.39 is 0 Å². The van der Waals surface area contributed by atoms with Crippen molar-refractivity contribution in [1.29, 1.82) is 0 Å². The van der Waals surface area contributed by atoms with E-state index in [4.69, 9.17) is 0 Å². The Kier molecular flexibility index (Phi) is 6.10. The maximum Gasteiger partial charge on any atom is 0.274 e. The van der Waals surface area contributed by atoms with Gasteiger partial charge in [-0.25, -0.2) is 9.37 Å². The molecule has 2 amide bonds. The molecule has 0 aliphatic heterocycles. The predicted octanol–water partition coefficient (Wildman–Crippen LogP) is 4.33. The van der Waals surface area contributed by atoms with Crippen LogP contribution in [0.25, 0.3) is 5.69 Å². The molecule has 8 heteroatoms. The zero-order valence-electron chi connectivity index (χ0n) is 15.4. The van der Waals surface area contributed by atoms with Gasteiger partial charge in [0.15, 0.2) is 5.16 Å². The molecule has 0 radical (unpaired) electrons. The topological polar surface area (TPSA) is 76.0 Å². The molecule has 2 N–H and O–H groups in total. The van der Waals surface area contributed by atoms with E-state index >= 15 is 0 Å². The van der Waals surface area contributed by atoms with E-state index in [1.807, 2.05) is 6.26 Å². The highest BCUT2D eigenvalue weighted by Gasteiger charge is 2.18. The number of nitrogens with zero attached hydrogens (tertiary/aromatic N) is 2. The fraction of sp³-hybridized carbons (Fsp3) is 0.150. The molecule has 0 aliphatic carbocycles. The maximum absolute atomic E-state index is 13.3. The number of hydrogen-bond acceptors (Lipinski definition) is 4. The Balaban J connectivity index is 1.82. The van der Waals surface area contributed by atoms with Gasteiger partial charge in [0.1, 0.15) is 11.5 Å². The van der Waals surface area contributed by atoms with Gasteiger partial charge >= 0.3 is 0 Å². The molecule has 3 rings (SSSR count). The van der Waals surface area contributed by atoms with Gasteiger partial charge in [0, 0.05) is 23.5 Å². The molecule has 28 heavy (non-hydrogen) atoms. The lowest BCUT2D eigenvalue weighted by molar-refractivity contribution is -0.115. The van der Waals surface area contributed by atoms with Crippen LogP contribution < -0.4 is 10.6 Å². The van der Waals surface area contributed by atoms with E-state index in [2.05, 4.69) is 15.6 Å². The fourth-order valence-electron chi connectivity index (χ4n) is 2.56. The maximum atomic E-state index is 13.3. The third-order valence-electron chi connectivity index (χ3n) is 3.98. The van der Waals surface area contributed by atoms with Crippen LogP contribution in [0.2, 0.25) is 0 Å². The van der Waals surface area contributed by atoms with Gasteiger partial charge in [-0.3, -0.25) is 14.2 Å². The number of anilines is 2. The number of nitrogens with one attached hydrogen (secondary N) is 2. The molecule has 0 spiro atoms. The largest absolute Gasteiger partial charge is 0.326 e. The van der Waals surface area contributed by atoms with Crippen LogP contribution in [-0.2, 0) is 4.79 Å². The van der Waals surface area contributed by atoms with Crippen LogP contribution in [0.3, 0.4) is 0 Å². The lowest BCUT2D eigenvalue weighted by Gasteiger charge is -2.12. The SMILES string of the molecule is CCC(=O)Nc1ccc(NC(=O)c2cnc(SC)n2-c2ccc(F)cc2)cc1. The Morgan fingerprint density at radius 3 is 2.21 bits per heavy atom. The molecule has 0 atom stereocenters. The molecular weight excluding hydrogens is 379 g/mol. The predicted molar refractivity (Wildman–Crippen MR) is 109 cm³/mol. The molecule has 0 saturated carbocycles. The summed E-state index contributed by atoms with van der Waals surface area (Å²) in [4.78, 5) is 28.5. The first-order chi connectivity index (χ1) is 13.5. The molecule has 0 fully saturated rings. The van der Waals surface area contributed by atoms with Gasteiger partial charge in [-0.1, -0.05) is 18.7 Å². The first-order valence-corrected chi connectivity index (χ1v) is 9.83. The van der Waals surface area contributed by atoms with Crippen molar-refractivity contribution in [2.75, 3.05) is 16.9 Å². The summed E-state index contributed by atoms with van der Waals surface area (Å²) in [6, 6.07) is 12.7. The number of hydrogen-bond donors (Lipinski definition) is 2. The van der Waals surface area contributed by atoms with Crippen LogP contribution in [0.15, 0.2) is 59.9 Å². The first kappa shape index (κ1) is 19.6. The van der Waals surface area contributed by atoms with Crippen molar-refractivity contribution in [2.24, 2.45) is 0 Å². The van der Waals surface area contributed by atoms with Crippen LogP contribution in [0.5, 0.6) is 0 Å². The summed E-state index contributed by atoms with van der Waals surface area (Å²) in [5.74, 6) is -0.775. The highest BCUT2D eigenvalue weighted by atomic mass is 32.2. The summed E-state index contributed by atoms with van der Waals surface area (Å²) in [6.45, 7) is 1.77. The number of thioether (sulfide) groups is 1. The van der Waals surface area contributed by atoms with E-state index in [9.17, 15) is 14.0 Å². The van der Waals surface area contributed by atoms with Gasteiger partial charge in [0.2, 0.25) is 5.91 Å². The first-order valence-electron chi connectivity index (χ1n) is 8.60. The third kappa shape index (κ3) is 4.40. The fourth-order valence-corrected chi connectivity index (χ4v) is 3.10. The number of benzene rings is 2. The Morgan fingerprint density at radius 2 is 1.64 bits per heavy atom. The number of halogens is 1. The van der Waals surface area contributed by atoms with Gasteiger partial charge in [0.25, 0.3) is 5.91 Å². The minimum atomic E-state index is -0.351. The van der Waals surface area contributed by atoms with E-state index in [0.717, 1.165) is 0 Å². The van der Waals surface area contributed by atoms with Crippen LogP contribution in [0.4, 0.5) is 15.8 Å². The van der Waals surface area contributed by atoms with E-state index in [1.165, 1.54) is 30.1 Å². The van der Waals surface area contributed by atoms with Crippen LogP contribution in [0, 0.1) is 5.82 Å². The summed E-state index contributed by atoms with van der Waals surface area (Å²) in [6.07, 6.45) is 3.73. The van der Waals surface area contributed by atoms with Gasteiger partial charge in [-0.05, 0) is 54.8 Å². The molecule has 0 saturated heterocycles. The smallest absolute Gasteiger partial charge is 0.274 e. The van der Waals surface area contributed by atoms with Crippen molar-refractivity contribution in [3.05, 3.63) is 66.2 Å². The lowest BCUT2D eigenvalue weighted by Crippen LogP contribution is -2.17. The van der Waals surface area contributed by atoms with Crippen LogP contribution in [-0.4, -0.2) is 27.6 Å². The van der Waals surface area contributed by atoms with Crippen molar-refractivity contribution in [3.8, 4) is 5.69 Å². The van der Waals surface area contributed by atoms with Gasteiger partial charge < -0.3 is 10.6 Å². The number of aromatic nitrogens is 2. The summed E-state index contributed by atoms with van der Waals surface area (Å²) < 4.78 is 14.9. The van der Waals surface area contributed by atoms with Gasteiger partial charge in [0.05, 0.1) is 6.20 Å². The second-order valence-electron chi connectivity index (χ2n) is 5.88. The van der Waals surface area contributed by atoms with Crippen LogP contribution >= 0.6 is 11.8 Å². The number of amides is 2. The molecule has 3 aromatic rings. The van der Waals surface area contributed by atoms with Crippen molar-refractivity contribution in [2.45, 2.75) is 18.5 Å². The molecule has 6 nitrogen and oxygen atoms in total. The molecule has 144 valence electrons. The van der Waals surface area contributed by atoms with Crippen molar-refractivity contribution < 1.29 is 14.0 Å². The molecule has 2 aromatic carbocycles. The summed E-state index contributed by atoms with van der Waals surface area (Å²) in [5.41, 5.74) is 2.22.